The molecule has 0 aliphatic carbocycles. The van der Waals surface area contributed by atoms with Gasteiger partial charge in [0, 0.05) is 11.6 Å². The fourth-order valence-corrected chi connectivity index (χ4v) is 1.62. The van der Waals surface area contributed by atoms with E-state index in [0.29, 0.717) is 0 Å². The highest BCUT2D eigenvalue weighted by Crippen LogP contribution is 2.23. The predicted octanol–water partition coefficient (Wildman–Crippen LogP) is 2.77. The van der Waals surface area contributed by atoms with E-state index in [4.69, 9.17) is 0 Å². The number of hydrogen-bond acceptors (Lipinski definition) is 2. The van der Waals surface area contributed by atoms with Crippen LogP contribution in [0.2, 0.25) is 0 Å². The number of pyridine rings is 1. The molecule has 2 nitrogen and oxygen atoms in total. The topological polar surface area (TPSA) is 33.1 Å². The van der Waals surface area contributed by atoms with E-state index in [2.05, 4.69) is 11.1 Å². The maximum Gasteiger partial charge on any atom is 0.0840 e. The number of fused-ring (bicyclic) bond motifs is 1. The van der Waals surface area contributed by atoms with Crippen LogP contribution in [0, 0.1) is 6.92 Å². The average Bonchev–Trinajstić information content (AvgIpc) is 2.15. The van der Waals surface area contributed by atoms with Crippen molar-refractivity contribution in [2.24, 2.45) is 0 Å². The molecule has 0 spiro atoms. The van der Waals surface area contributed by atoms with Crippen molar-refractivity contribution < 1.29 is 5.11 Å². The average molecular weight is 201 g/mol. The second-order valence-electron chi connectivity index (χ2n) is 4.48. The van der Waals surface area contributed by atoms with E-state index in [1.54, 1.807) is 13.8 Å². The molecule has 15 heavy (non-hydrogen) atoms. The fraction of sp³-hybridized carbons (Fsp3) is 0.308. The van der Waals surface area contributed by atoms with Crippen LogP contribution >= 0.6 is 0 Å². The fourth-order valence-electron chi connectivity index (χ4n) is 1.62. The minimum absolute atomic E-state index is 0.794. The molecule has 0 atom stereocenters. The van der Waals surface area contributed by atoms with Crippen LogP contribution in [0.15, 0.2) is 30.5 Å². The lowest BCUT2D eigenvalue weighted by Crippen LogP contribution is -2.15. The molecule has 0 radical (unpaired) electrons. The Morgan fingerprint density at radius 2 is 1.93 bits per heavy atom. The van der Waals surface area contributed by atoms with Crippen LogP contribution < -0.4 is 0 Å². The molecule has 1 aromatic carbocycles. The van der Waals surface area contributed by atoms with Crippen molar-refractivity contribution in [2.75, 3.05) is 0 Å². The van der Waals surface area contributed by atoms with Gasteiger partial charge in [0.25, 0.3) is 0 Å². The molecule has 2 heteroatoms. The highest BCUT2D eigenvalue weighted by atomic mass is 16.3. The largest absolute Gasteiger partial charge is 0.386 e. The molecule has 0 aliphatic heterocycles. The Bertz CT molecular complexity index is 497. The number of rotatable bonds is 1. The van der Waals surface area contributed by atoms with Crippen LogP contribution in [-0.4, -0.2) is 10.1 Å². The van der Waals surface area contributed by atoms with Gasteiger partial charge in [-0.05, 0) is 50.1 Å². The van der Waals surface area contributed by atoms with Crippen molar-refractivity contribution in [3.05, 3.63) is 41.6 Å². The second kappa shape index (κ2) is 3.31. The van der Waals surface area contributed by atoms with Gasteiger partial charge in [-0.15, -0.1) is 0 Å². The Hall–Kier alpha value is -1.41. The molecule has 1 N–H and O–H groups in total. The minimum Gasteiger partial charge on any atom is -0.386 e. The van der Waals surface area contributed by atoms with E-state index in [1.807, 2.05) is 31.3 Å². The highest BCUT2D eigenvalue weighted by molar-refractivity contribution is 5.79. The zero-order valence-electron chi connectivity index (χ0n) is 9.28. The van der Waals surface area contributed by atoms with Crippen molar-refractivity contribution in [1.82, 2.24) is 4.98 Å². The highest BCUT2D eigenvalue weighted by Gasteiger charge is 2.15. The van der Waals surface area contributed by atoms with Crippen LogP contribution in [-0.2, 0) is 5.60 Å². The molecule has 0 saturated carbocycles. The summed E-state index contributed by atoms with van der Waals surface area (Å²) in [6.07, 6.45) is 1.85. The van der Waals surface area contributed by atoms with Crippen molar-refractivity contribution in [3.63, 3.8) is 0 Å². The third kappa shape index (κ3) is 2.00. The minimum atomic E-state index is -0.794. The summed E-state index contributed by atoms with van der Waals surface area (Å²) in [6, 6.07) is 7.94. The molecule has 2 aromatic rings. The van der Waals surface area contributed by atoms with Gasteiger partial charge in [0.15, 0.2) is 0 Å². The quantitative estimate of drug-likeness (QED) is 0.769. The molecule has 1 heterocycles. The maximum absolute atomic E-state index is 9.90. The Labute approximate surface area is 89.6 Å². The molecule has 0 aliphatic rings. The monoisotopic (exact) mass is 201 g/mol. The molecule has 78 valence electrons. The van der Waals surface area contributed by atoms with E-state index < -0.39 is 5.60 Å². The molecule has 1 aromatic heterocycles. The molecule has 0 unspecified atom stereocenters. The van der Waals surface area contributed by atoms with Crippen molar-refractivity contribution >= 4 is 10.9 Å². The summed E-state index contributed by atoms with van der Waals surface area (Å²) in [5.41, 5.74) is 2.23. The Balaban J connectivity index is 2.64. The first kappa shape index (κ1) is 10.1. The number of benzene rings is 1. The first-order valence-electron chi connectivity index (χ1n) is 5.06. The first-order valence-corrected chi connectivity index (χ1v) is 5.06. The molecular formula is C13H15NO. The Kier molecular flexibility index (Phi) is 2.24. The summed E-state index contributed by atoms with van der Waals surface area (Å²) in [7, 11) is 0. The summed E-state index contributed by atoms with van der Waals surface area (Å²) in [6.45, 7) is 5.60. The number of aliphatic hydroxyl groups is 1. The van der Waals surface area contributed by atoms with Gasteiger partial charge in [-0.1, -0.05) is 6.07 Å². The first-order chi connectivity index (χ1) is 6.97. The van der Waals surface area contributed by atoms with Crippen LogP contribution in [0.1, 0.15) is 25.0 Å². The zero-order valence-corrected chi connectivity index (χ0v) is 9.28. The van der Waals surface area contributed by atoms with Gasteiger partial charge in [0.1, 0.15) is 0 Å². The van der Waals surface area contributed by atoms with Gasteiger partial charge in [-0.3, -0.25) is 4.98 Å². The van der Waals surface area contributed by atoms with Crippen molar-refractivity contribution in [3.8, 4) is 0 Å². The normalized spacial score (nSPS) is 12.0. The maximum atomic E-state index is 9.90. The standard InChI is InChI=1S/C13H15NO/c1-9-6-10-7-11(13(2,3)15)4-5-12(10)14-8-9/h4-8,15H,1-3H3. The lowest BCUT2D eigenvalue weighted by atomic mass is 9.96. The smallest absolute Gasteiger partial charge is 0.0840 e. The SMILES string of the molecule is Cc1cnc2ccc(C(C)(C)O)cc2c1. The van der Waals surface area contributed by atoms with E-state index >= 15 is 0 Å². The number of aryl methyl sites for hydroxylation is 1. The molecule has 0 bridgehead atoms. The van der Waals surface area contributed by atoms with Crippen LogP contribution in [0.3, 0.4) is 0 Å². The van der Waals surface area contributed by atoms with E-state index in [-0.39, 0.29) is 0 Å². The molecule has 0 saturated heterocycles. The molecule has 0 amide bonds. The van der Waals surface area contributed by atoms with Gasteiger partial charge in [-0.25, -0.2) is 0 Å². The van der Waals surface area contributed by atoms with E-state index in [1.165, 1.54) is 0 Å². The van der Waals surface area contributed by atoms with Crippen LogP contribution in [0.25, 0.3) is 10.9 Å². The summed E-state index contributed by atoms with van der Waals surface area (Å²) >= 11 is 0. The van der Waals surface area contributed by atoms with Gasteiger partial charge in [0.05, 0.1) is 11.1 Å². The molecule has 0 fully saturated rings. The number of aromatic nitrogens is 1. The van der Waals surface area contributed by atoms with Crippen molar-refractivity contribution in [1.29, 1.82) is 0 Å². The molecule has 2 rings (SSSR count). The summed E-state index contributed by atoms with van der Waals surface area (Å²) in [4.78, 5) is 4.32. The van der Waals surface area contributed by atoms with Gasteiger partial charge in [-0.2, -0.15) is 0 Å². The van der Waals surface area contributed by atoms with Crippen LogP contribution in [0.4, 0.5) is 0 Å². The van der Waals surface area contributed by atoms with Crippen molar-refractivity contribution in [2.45, 2.75) is 26.4 Å². The van der Waals surface area contributed by atoms with Crippen LogP contribution in [0.5, 0.6) is 0 Å². The third-order valence-electron chi connectivity index (χ3n) is 2.52. The zero-order chi connectivity index (χ0) is 11.1. The Morgan fingerprint density at radius 1 is 1.20 bits per heavy atom. The lowest BCUT2D eigenvalue weighted by molar-refractivity contribution is 0.0787. The lowest BCUT2D eigenvalue weighted by Gasteiger charge is -2.18. The van der Waals surface area contributed by atoms with Gasteiger partial charge >= 0.3 is 0 Å². The second-order valence-corrected chi connectivity index (χ2v) is 4.48. The Morgan fingerprint density at radius 3 is 2.60 bits per heavy atom. The summed E-state index contributed by atoms with van der Waals surface area (Å²) in [5.74, 6) is 0. The van der Waals surface area contributed by atoms with E-state index in [9.17, 15) is 5.11 Å². The third-order valence-corrected chi connectivity index (χ3v) is 2.52. The summed E-state index contributed by atoms with van der Waals surface area (Å²) in [5, 5.41) is 11.0. The number of hydrogen-bond donors (Lipinski definition) is 1. The summed E-state index contributed by atoms with van der Waals surface area (Å²) < 4.78 is 0. The molecular weight excluding hydrogens is 186 g/mol. The predicted molar refractivity (Wildman–Crippen MR) is 61.7 cm³/mol. The van der Waals surface area contributed by atoms with E-state index in [0.717, 1.165) is 22.0 Å². The van der Waals surface area contributed by atoms with Gasteiger partial charge in [0.2, 0.25) is 0 Å². The van der Waals surface area contributed by atoms with Gasteiger partial charge < -0.3 is 5.11 Å². The number of nitrogens with zero attached hydrogens (tertiary/aromatic N) is 1.